The van der Waals surface area contributed by atoms with Crippen molar-refractivity contribution in [3.8, 4) is 11.3 Å². The lowest BCUT2D eigenvalue weighted by Gasteiger charge is -2.32. The maximum atomic E-state index is 12.4. The minimum atomic E-state index is 0.0613. The topological polar surface area (TPSA) is 85.2 Å². The smallest absolute Gasteiger partial charge is 0.241 e. The van der Waals surface area contributed by atoms with Crippen LogP contribution in [0.15, 0.2) is 35.4 Å². The minimum absolute atomic E-state index is 0.0613. The Bertz CT molecular complexity index is 894. The van der Waals surface area contributed by atoms with Crippen LogP contribution in [-0.2, 0) is 25.4 Å². The molecule has 0 spiro atoms. The van der Waals surface area contributed by atoms with Gasteiger partial charge in [-0.25, -0.2) is 0 Å². The van der Waals surface area contributed by atoms with Crippen molar-refractivity contribution in [1.29, 1.82) is 0 Å². The molecular weight excluding hydrogens is 322 g/mol. The number of aryl methyl sites for hydroxylation is 2. The molecule has 1 fully saturated rings. The van der Waals surface area contributed by atoms with E-state index in [-0.39, 0.29) is 5.91 Å². The molecule has 1 amide bonds. The summed E-state index contributed by atoms with van der Waals surface area (Å²) in [4.78, 5) is 16.3. The second-order valence-electron chi connectivity index (χ2n) is 6.21. The molecule has 3 aromatic rings. The molecule has 0 radical (unpaired) electrons. The average Bonchev–Trinajstić information content (AvgIpc) is 3.29. The SMILES string of the molecule is Cn1cc(-c2cc(CN3CCN(c4cnn(C)c4)C(=O)C3)on2)cn1. The summed E-state index contributed by atoms with van der Waals surface area (Å²) in [5, 5.41) is 12.3. The Kier molecular flexibility index (Phi) is 3.85. The van der Waals surface area contributed by atoms with Gasteiger partial charge in [-0.1, -0.05) is 5.16 Å². The molecule has 3 aromatic heterocycles. The van der Waals surface area contributed by atoms with Crippen LogP contribution in [0.25, 0.3) is 11.3 Å². The van der Waals surface area contributed by atoms with Crippen LogP contribution in [0.5, 0.6) is 0 Å². The average molecular weight is 341 g/mol. The van der Waals surface area contributed by atoms with Gasteiger partial charge in [0.05, 0.1) is 31.2 Å². The Labute approximate surface area is 144 Å². The van der Waals surface area contributed by atoms with E-state index in [4.69, 9.17) is 4.52 Å². The summed E-state index contributed by atoms with van der Waals surface area (Å²) >= 11 is 0. The fraction of sp³-hybridized carbons (Fsp3) is 0.375. The number of nitrogens with zero attached hydrogens (tertiary/aromatic N) is 7. The van der Waals surface area contributed by atoms with E-state index < -0.39 is 0 Å². The zero-order valence-electron chi connectivity index (χ0n) is 14.2. The van der Waals surface area contributed by atoms with Crippen LogP contribution in [0.4, 0.5) is 5.69 Å². The number of aromatic nitrogens is 5. The Balaban J connectivity index is 1.40. The van der Waals surface area contributed by atoms with Crippen molar-refractivity contribution in [3.63, 3.8) is 0 Å². The molecule has 4 rings (SSSR count). The van der Waals surface area contributed by atoms with Gasteiger partial charge in [-0.05, 0) is 0 Å². The molecule has 0 aromatic carbocycles. The molecule has 25 heavy (non-hydrogen) atoms. The summed E-state index contributed by atoms with van der Waals surface area (Å²) in [6, 6.07) is 1.90. The van der Waals surface area contributed by atoms with Crippen LogP contribution in [0.3, 0.4) is 0 Å². The van der Waals surface area contributed by atoms with Gasteiger partial charge in [0.2, 0.25) is 5.91 Å². The highest BCUT2D eigenvalue weighted by Crippen LogP contribution is 2.21. The third-order valence-corrected chi connectivity index (χ3v) is 4.24. The first-order valence-electron chi connectivity index (χ1n) is 8.04. The Morgan fingerprint density at radius 3 is 2.60 bits per heavy atom. The van der Waals surface area contributed by atoms with E-state index >= 15 is 0 Å². The fourth-order valence-corrected chi connectivity index (χ4v) is 2.97. The molecule has 9 heteroatoms. The highest BCUT2D eigenvalue weighted by Gasteiger charge is 2.26. The maximum Gasteiger partial charge on any atom is 0.241 e. The van der Waals surface area contributed by atoms with Gasteiger partial charge in [0.1, 0.15) is 5.69 Å². The molecule has 0 bridgehead atoms. The normalized spacial score (nSPS) is 15.9. The molecular formula is C16H19N7O2. The molecule has 1 aliphatic heterocycles. The number of hydrogen-bond acceptors (Lipinski definition) is 6. The predicted octanol–water partition coefficient (Wildman–Crippen LogP) is 0.657. The lowest BCUT2D eigenvalue weighted by molar-refractivity contribution is -0.121. The second kappa shape index (κ2) is 6.17. The zero-order valence-corrected chi connectivity index (χ0v) is 14.2. The quantitative estimate of drug-likeness (QED) is 0.693. The molecule has 0 atom stereocenters. The van der Waals surface area contributed by atoms with Crippen molar-refractivity contribution < 1.29 is 9.32 Å². The summed E-state index contributed by atoms with van der Waals surface area (Å²) in [6.07, 6.45) is 7.20. The van der Waals surface area contributed by atoms with Gasteiger partial charge in [0.25, 0.3) is 0 Å². The van der Waals surface area contributed by atoms with Crippen LogP contribution in [-0.4, -0.2) is 55.2 Å². The highest BCUT2D eigenvalue weighted by atomic mass is 16.5. The van der Waals surface area contributed by atoms with Crippen LogP contribution < -0.4 is 4.90 Å². The van der Waals surface area contributed by atoms with Gasteiger partial charge in [-0.2, -0.15) is 10.2 Å². The maximum absolute atomic E-state index is 12.4. The fourth-order valence-electron chi connectivity index (χ4n) is 2.97. The molecule has 9 nitrogen and oxygen atoms in total. The minimum Gasteiger partial charge on any atom is -0.359 e. The first kappa shape index (κ1) is 15.6. The van der Waals surface area contributed by atoms with Gasteiger partial charge in [0.15, 0.2) is 5.76 Å². The van der Waals surface area contributed by atoms with Crippen LogP contribution in [0.2, 0.25) is 0 Å². The number of anilines is 1. The lowest BCUT2D eigenvalue weighted by atomic mass is 10.2. The number of hydrogen-bond donors (Lipinski definition) is 0. The van der Waals surface area contributed by atoms with Gasteiger partial charge in [0, 0.05) is 51.2 Å². The summed E-state index contributed by atoms with van der Waals surface area (Å²) < 4.78 is 8.83. The monoisotopic (exact) mass is 341 g/mol. The van der Waals surface area contributed by atoms with Gasteiger partial charge in [-0.15, -0.1) is 0 Å². The number of carbonyl (C=O) groups excluding carboxylic acids is 1. The van der Waals surface area contributed by atoms with Crippen LogP contribution in [0.1, 0.15) is 5.76 Å². The lowest BCUT2D eigenvalue weighted by Crippen LogP contribution is -2.50. The molecule has 0 aliphatic carbocycles. The Hall–Kier alpha value is -2.94. The summed E-state index contributed by atoms with van der Waals surface area (Å²) in [6.45, 7) is 2.30. The van der Waals surface area contributed by atoms with Crippen molar-refractivity contribution in [2.24, 2.45) is 14.1 Å². The van der Waals surface area contributed by atoms with Gasteiger partial charge < -0.3 is 9.42 Å². The molecule has 1 aliphatic rings. The Morgan fingerprint density at radius 2 is 1.92 bits per heavy atom. The summed E-state index contributed by atoms with van der Waals surface area (Å²) in [5.74, 6) is 0.799. The van der Waals surface area contributed by atoms with E-state index in [9.17, 15) is 4.79 Å². The standard InChI is InChI=1S/C16H19N7O2/c1-20-8-12(6-17-20)15-5-14(25-19-15)10-22-3-4-23(16(24)11-22)13-7-18-21(2)9-13/h5-9H,3-4,10-11H2,1-2H3. The highest BCUT2D eigenvalue weighted by molar-refractivity contribution is 5.95. The van der Waals surface area contributed by atoms with Crippen molar-refractivity contribution in [3.05, 3.63) is 36.6 Å². The first-order chi connectivity index (χ1) is 12.1. The summed E-state index contributed by atoms with van der Waals surface area (Å²) in [5.41, 5.74) is 2.50. The van der Waals surface area contributed by atoms with E-state index in [1.807, 2.05) is 32.6 Å². The Morgan fingerprint density at radius 1 is 1.12 bits per heavy atom. The van der Waals surface area contributed by atoms with E-state index in [2.05, 4.69) is 20.3 Å². The second-order valence-corrected chi connectivity index (χ2v) is 6.21. The number of carbonyl (C=O) groups is 1. The van der Waals surface area contributed by atoms with Crippen LogP contribution in [0, 0.1) is 0 Å². The molecule has 0 saturated carbocycles. The van der Waals surface area contributed by atoms with Gasteiger partial charge in [-0.3, -0.25) is 19.1 Å². The number of rotatable bonds is 4. The molecule has 130 valence electrons. The molecule has 0 N–H and O–H groups in total. The predicted molar refractivity (Wildman–Crippen MR) is 89.5 cm³/mol. The third kappa shape index (κ3) is 3.18. The van der Waals surface area contributed by atoms with Crippen LogP contribution >= 0.6 is 0 Å². The molecule has 0 unspecified atom stereocenters. The largest absolute Gasteiger partial charge is 0.359 e. The van der Waals surface area contributed by atoms with Crippen molar-refractivity contribution >= 4 is 11.6 Å². The van der Waals surface area contributed by atoms with E-state index in [0.717, 1.165) is 29.2 Å². The van der Waals surface area contributed by atoms with E-state index in [1.165, 1.54) is 0 Å². The van der Waals surface area contributed by atoms with Crippen molar-refractivity contribution in [1.82, 2.24) is 29.6 Å². The van der Waals surface area contributed by atoms with E-state index in [0.29, 0.717) is 19.6 Å². The zero-order chi connectivity index (χ0) is 17.4. The number of amides is 1. The molecule has 4 heterocycles. The van der Waals surface area contributed by atoms with E-state index in [1.54, 1.807) is 26.7 Å². The first-order valence-corrected chi connectivity index (χ1v) is 8.04. The summed E-state index contributed by atoms with van der Waals surface area (Å²) in [7, 11) is 3.70. The molecule has 1 saturated heterocycles. The third-order valence-electron chi connectivity index (χ3n) is 4.24. The number of piperazine rings is 1. The van der Waals surface area contributed by atoms with Gasteiger partial charge >= 0.3 is 0 Å². The van der Waals surface area contributed by atoms with Crippen molar-refractivity contribution in [2.45, 2.75) is 6.54 Å². The van der Waals surface area contributed by atoms with Crippen molar-refractivity contribution in [2.75, 3.05) is 24.5 Å².